The largest absolute Gasteiger partial charge is 0.207 e. The minimum atomic E-state index is -0.109. The Morgan fingerprint density at radius 3 is 2.40 bits per heavy atom. The van der Waals surface area contributed by atoms with Gasteiger partial charge in [-0.25, -0.2) is 4.39 Å². The zero-order chi connectivity index (χ0) is 13.9. The molecule has 110 valence electrons. The lowest BCUT2D eigenvalue weighted by Gasteiger charge is -2.42. The topological polar surface area (TPSA) is 0 Å². The lowest BCUT2D eigenvalue weighted by molar-refractivity contribution is 0.114. The first-order valence-corrected chi connectivity index (χ1v) is 8.51. The van der Waals surface area contributed by atoms with Crippen LogP contribution >= 0.6 is 0 Å². The predicted octanol–water partition coefficient (Wildman–Crippen LogP) is 5.93. The van der Waals surface area contributed by atoms with E-state index in [1.165, 1.54) is 56.9 Å². The maximum absolute atomic E-state index is 13.0. The Morgan fingerprint density at radius 2 is 1.65 bits per heavy atom. The fourth-order valence-corrected chi connectivity index (χ4v) is 4.69. The average molecular weight is 274 g/mol. The minimum Gasteiger partial charge on any atom is -0.207 e. The van der Waals surface area contributed by atoms with E-state index < -0.39 is 0 Å². The SMILES string of the molecule is CCCC1CCC2CC(c3ccc(F)cc3)CCC2C1. The third kappa shape index (κ3) is 3.07. The number of rotatable bonds is 3. The third-order valence-electron chi connectivity index (χ3n) is 5.76. The molecule has 4 atom stereocenters. The smallest absolute Gasteiger partial charge is 0.123 e. The van der Waals surface area contributed by atoms with E-state index in [0.29, 0.717) is 5.92 Å². The van der Waals surface area contributed by atoms with Crippen molar-refractivity contribution in [2.75, 3.05) is 0 Å². The maximum Gasteiger partial charge on any atom is 0.123 e. The molecule has 2 aliphatic rings. The third-order valence-corrected chi connectivity index (χ3v) is 5.76. The van der Waals surface area contributed by atoms with Gasteiger partial charge in [-0.05, 0) is 73.5 Å². The molecule has 2 fully saturated rings. The molecule has 1 heteroatoms. The van der Waals surface area contributed by atoms with Gasteiger partial charge in [-0.15, -0.1) is 0 Å². The molecule has 0 heterocycles. The predicted molar refractivity (Wildman–Crippen MR) is 82.2 cm³/mol. The molecule has 20 heavy (non-hydrogen) atoms. The van der Waals surface area contributed by atoms with E-state index in [0.717, 1.165) is 17.8 Å². The van der Waals surface area contributed by atoms with Gasteiger partial charge in [-0.3, -0.25) is 0 Å². The van der Waals surface area contributed by atoms with E-state index in [1.54, 1.807) is 12.1 Å². The fraction of sp³-hybridized carbons (Fsp3) is 0.684. The maximum atomic E-state index is 13.0. The van der Waals surface area contributed by atoms with Crippen LogP contribution in [0.3, 0.4) is 0 Å². The summed E-state index contributed by atoms with van der Waals surface area (Å²) in [6, 6.07) is 7.26. The van der Waals surface area contributed by atoms with Crippen molar-refractivity contribution in [2.24, 2.45) is 17.8 Å². The van der Waals surface area contributed by atoms with E-state index in [2.05, 4.69) is 6.92 Å². The van der Waals surface area contributed by atoms with Crippen molar-refractivity contribution in [2.45, 2.75) is 64.2 Å². The number of hydrogen-bond acceptors (Lipinski definition) is 0. The highest BCUT2D eigenvalue weighted by Gasteiger charge is 2.35. The summed E-state index contributed by atoms with van der Waals surface area (Å²) in [6.07, 6.45) is 11.2. The Morgan fingerprint density at radius 1 is 0.950 bits per heavy atom. The summed E-state index contributed by atoms with van der Waals surface area (Å²) in [5, 5.41) is 0. The zero-order valence-electron chi connectivity index (χ0n) is 12.7. The van der Waals surface area contributed by atoms with Crippen molar-refractivity contribution in [3.05, 3.63) is 35.6 Å². The molecule has 3 rings (SSSR count). The van der Waals surface area contributed by atoms with Gasteiger partial charge in [0.15, 0.2) is 0 Å². The number of fused-ring (bicyclic) bond motifs is 1. The Kier molecular flexibility index (Phi) is 4.43. The van der Waals surface area contributed by atoms with Crippen LogP contribution in [0.25, 0.3) is 0 Å². The molecule has 0 amide bonds. The summed E-state index contributed by atoms with van der Waals surface area (Å²) in [5.74, 6) is 3.50. The first-order chi connectivity index (χ1) is 9.76. The van der Waals surface area contributed by atoms with Crippen LogP contribution in [-0.4, -0.2) is 0 Å². The average Bonchev–Trinajstić information content (AvgIpc) is 2.48. The normalized spacial score (nSPS) is 33.7. The van der Waals surface area contributed by atoms with Crippen LogP contribution < -0.4 is 0 Å². The van der Waals surface area contributed by atoms with Crippen molar-refractivity contribution in [1.29, 1.82) is 0 Å². The van der Waals surface area contributed by atoms with Crippen LogP contribution in [0.2, 0.25) is 0 Å². The van der Waals surface area contributed by atoms with Crippen molar-refractivity contribution in [3.63, 3.8) is 0 Å². The molecule has 0 N–H and O–H groups in total. The lowest BCUT2D eigenvalue weighted by atomic mass is 9.63. The Hall–Kier alpha value is -0.850. The van der Waals surface area contributed by atoms with Crippen molar-refractivity contribution in [1.82, 2.24) is 0 Å². The second kappa shape index (κ2) is 6.28. The van der Waals surface area contributed by atoms with Crippen LogP contribution in [0.15, 0.2) is 24.3 Å². The van der Waals surface area contributed by atoms with Crippen molar-refractivity contribution >= 4 is 0 Å². The Balaban J connectivity index is 1.61. The van der Waals surface area contributed by atoms with E-state index >= 15 is 0 Å². The standard InChI is InChI=1S/C19H27F/c1-2-3-14-4-5-18-13-17(7-6-16(18)12-14)15-8-10-19(20)11-9-15/h8-11,14,16-18H,2-7,12-13H2,1H3. The van der Waals surface area contributed by atoms with Gasteiger partial charge in [-0.2, -0.15) is 0 Å². The fourth-order valence-electron chi connectivity index (χ4n) is 4.69. The molecular weight excluding hydrogens is 247 g/mol. The van der Waals surface area contributed by atoms with Crippen molar-refractivity contribution < 1.29 is 4.39 Å². The summed E-state index contributed by atoms with van der Waals surface area (Å²) in [4.78, 5) is 0. The number of halogens is 1. The van der Waals surface area contributed by atoms with Crippen molar-refractivity contribution in [3.8, 4) is 0 Å². The highest BCUT2D eigenvalue weighted by atomic mass is 19.1. The van der Waals surface area contributed by atoms with Gasteiger partial charge in [-0.1, -0.05) is 38.3 Å². The quantitative estimate of drug-likeness (QED) is 0.641. The first kappa shape index (κ1) is 14.1. The Bertz CT molecular complexity index is 422. The van der Waals surface area contributed by atoms with Gasteiger partial charge in [0.1, 0.15) is 5.82 Å². The number of hydrogen-bond donors (Lipinski definition) is 0. The highest BCUT2D eigenvalue weighted by Crippen LogP contribution is 2.48. The van der Waals surface area contributed by atoms with Gasteiger partial charge >= 0.3 is 0 Å². The van der Waals surface area contributed by atoms with E-state index in [4.69, 9.17) is 0 Å². The van der Waals surface area contributed by atoms with Gasteiger partial charge in [0.2, 0.25) is 0 Å². The highest BCUT2D eigenvalue weighted by molar-refractivity contribution is 5.21. The monoisotopic (exact) mass is 274 g/mol. The summed E-state index contributed by atoms with van der Waals surface area (Å²) >= 11 is 0. The van der Waals surface area contributed by atoms with Gasteiger partial charge in [0, 0.05) is 0 Å². The summed E-state index contributed by atoms with van der Waals surface area (Å²) < 4.78 is 13.0. The van der Waals surface area contributed by atoms with E-state index in [9.17, 15) is 4.39 Å². The van der Waals surface area contributed by atoms with Crippen LogP contribution in [0.1, 0.15) is 69.8 Å². The molecule has 0 saturated heterocycles. The minimum absolute atomic E-state index is 0.109. The summed E-state index contributed by atoms with van der Waals surface area (Å²) in [5.41, 5.74) is 1.36. The molecule has 1 aromatic rings. The molecule has 4 unspecified atom stereocenters. The first-order valence-electron chi connectivity index (χ1n) is 8.51. The van der Waals surface area contributed by atoms with E-state index in [1.807, 2.05) is 12.1 Å². The van der Waals surface area contributed by atoms with Crippen LogP contribution in [0.5, 0.6) is 0 Å². The van der Waals surface area contributed by atoms with Gasteiger partial charge in [0.25, 0.3) is 0 Å². The van der Waals surface area contributed by atoms with Gasteiger partial charge in [0.05, 0.1) is 0 Å². The summed E-state index contributed by atoms with van der Waals surface area (Å²) in [6.45, 7) is 2.32. The van der Waals surface area contributed by atoms with Crippen LogP contribution in [0.4, 0.5) is 4.39 Å². The molecule has 0 nitrogen and oxygen atoms in total. The molecule has 0 aliphatic heterocycles. The second-order valence-corrected chi connectivity index (χ2v) is 7.05. The zero-order valence-corrected chi connectivity index (χ0v) is 12.7. The molecule has 0 radical (unpaired) electrons. The molecular formula is C19H27F. The lowest BCUT2D eigenvalue weighted by Crippen LogP contribution is -2.30. The van der Waals surface area contributed by atoms with Crippen LogP contribution in [0, 0.1) is 23.6 Å². The molecule has 0 aromatic heterocycles. The molecule has 0 spiro atoms. The van der Waals surface area contributed by atoms with Gasteiger partial charge < -0.3 is 0 Å². The van der Waals surface area contributed by atoms with Crippen LogP contribution in [-0.2, 0) is 0 Å². The molecule has 2 saturated carbocycles. The number of benzene rings is 1. The molecule has 0 bridgehead atoms. The molecule has 1 aromatic carbocycles. The Labute approximate surface area is 122 Å². The second-order valence-electron chi connectivity index (χ2n) is 7.05. The molecule has 2 aliphatic carbocycles. The van der Waals surface area contributed by atoms with E-state index in [-0.39, 0.29) is 5.82 Å². The summed E-state index contributed by atoms with van der Waals surface area (Å²) in [7, 11) is 0.